The first-order chi connectivity index (χ1) is 15.9. The molecule has 0 bridgehead atoms. The molecule has 1 radical (unpaired) electrons. The van der Waals surface area contributed by atoms with Crippen molar-refractivity contribution in [3.63, 3.8) is 0 Å². The van der Waals surface area contributed by atoms with Crippen molar-refractivity contribution >= 4 is 27.3 Å². The minimum Gasteiger partial charge on any atom is -0.512 e. The summed E-state index contributed by atoms with van der Waals surface area (Å²) in [5.74, 6) is -0.0625. The van der Waals surface area contributed by atoms with Crippen molar-refractivity contribution in [1.82, 2.24) is 4.98 Å². The largest absolute Gasteiger partial charge is 0.512 e. The van der Waals surface area contributed by atoms with Crippen molar-refractivity contribution in [2.75, 3.05) is 0 Å². The van der Waals surface area contributed by atoms with Crippen molar-refractivity contribution < 1.29 is 30.0 Å². The predicted octanol–water partition coefficient (Wildman–Crippen LogP) is 8.38. The van der Waals surface area contributed by atoms with Crippen LogP contribution in [0.15, 0.2) is 66.4 Å². The van der Waals surface area contributed by atoms with E-state index in [4.69, 9.17) is 10.1 Å². The van der Waals surface area contributed by atoms with Gasteiger partial charge in [-0.15, -0.1) is 46.2 Å². The third kappa shape index (κ3) is 7.96. The quantitative estimate of drug-likeness (QED) is 0.136. The minimum atomic E-state index is -0.125. The Morgan fingerprint density at radius 1 is 1.00 bits per heavy atom. The first-order valence-corrected chi connectivity index (χ1v) is 12.1. The number of benzene rings is 2. The van der Waals surface area contributed by atoms with E-state index in [1.165, 1.54) is 46.9 Å². The van der Waals surface area contributed by atoms with Gasteiger partial charge in [0.1, 0.15) is 4.83 Å². The van der Waals surface area contributed by atoms with Crippen LogP contribution < -0.4 is 0 Å². The number of rotatable bonds is 3. The Kier molecular flexibility index (Phi) is 9.74. The molecule has 0 aliphatic carbocycles. The molecular formula is C30H32IrNO2S-. The van der Waals surface area contributed by atoms with Gasteiger partial charge in [-0.05, 0) is 42.1 Å². The summed E-state index contributed by atoms with van der Waals surface area (Å²) in [7, 11) is 0. The summed E-state index contributed by atoms with van der Waals surface area (Å²) in [4.78, 5) is 17.3. The summed E-state index contributed by atoms with van der Waals surface area (Å²) in [5, 5.41) is 9.56. The average Bonchev–Trinajstić information content (AvgIpc) is 3.15. The molecule has 35 heavy (non-hydrogen) atoms. The van der Waals surface area contributed by atoms with Crippen LogP contribution in [0.25, 0.3) is 31.9 Å². The molecule has 3 nitrogen and oxygen atoms in total. The molecule has 185 valence electrons. The van der Waals surface area contributed by atoms with Gasteiger partial charge in [-0.25, -0.2) is 0 Å². The van der Waals surface area contributed by atoms with Crippen molar-refractivity contribution in [3.8, 4) is 21.7 Å². The van der Waals surface area contributed by atoms with Crippen molar-refractivity contribution in [1.29, 1.82) is 0 Å². The molecule has 0 spiro atoms. The van der Waals surface area contributed by atoms with Crippen LogP contribution in [0, 0.1) is 19.9 Å². The molecule has 2 heterocycles. The summed E-state index contributed by atoms with van der Waals surface area (Å²) in [6.07, 6.45) is 1.17. The Labute approximate surface area is 226 Å². The smallest absolute Gasteiger partial charge is 0.155 e. The number of aliphatic hydroxyl groups excluding tert-OH is 1. The van der Waals surface area contributed by atoms with Crippen molar-refractivity contribution in [2.24, 2.45) is 0 Å². The molecule has 0 aliphatic rings. The van der Waals surface area contributed by atoms with Gasteiger partial charge >= 0.3 is 0 Å². The number of carbonyl (C=O) groups is 1. The van der Waals surface area contributed by atoms with E-state index in [0.29, 0.717) is 0 Å². The maximum absolute atomic E-state index is 10.0. The summed E-state index contributed by atoms with van der Waals surface area (Å²) in [6, 6.07) is 23.2. The molecule has 0 saturated heterocycles. The number of aromatic nitrogens is 1. The Balaban J connectivity index is 0.000000476. The Hall–Kier alpha value is -2.59. The van der Waals surface area contributed by atoms with Gasteiger partial charge in [0.15, 0.2) is 5.78 Å². The molecule has 0 atom stereocenters. The first-order valence-electron chi connectivity index (χ1n) is 11.3. The van der Waals surface area contributed by atoms with E-state index in [9.17, 15) is 4.79 Å². The molecule has 4 aromatic rings. The molecule has 0 unspecified atom stereocenters. The molecule has 2 aromatic carbocycles. The van der Waals surface area contributed by atoms with Crippen LogP contribution in [0.4, 0.5) is 0 Å². The van der Waals surface area contributed by atoms with Gasteiger partial charge < -0.3 is 5.11 Å². The van der Waals surface area contributed by atoms with Gasteiger partial charge in [0.25, 0.3) is 0 Å². The van der Waals surface area contributed by atoms with Gasteiger partial charge in [0.2, 0.25) is 0 Å². The summed E-state index contributed by atoms with van der Waals surface area (Å²) in [5.41, 5.74) is 7.25. The standard InChI is InChI=1S/C25H24NS.C5H8O2.Ir/c1-16-12-17(2)14-20(13-16)22-11-8-19-15-23(27-24(19)26-22)18-6-9-21(10-7-18)25(3,4)5;1-4(6)3-5(2)7;/h6-13,15H,1-5H3;3,6H,1-2H3;/q-1;;/b;4-3-;. The molecule has 0 saturated carbocycles. The van der Waals surface area contributed by atoms with Crippen LogP contribution in [-0.2, 0) is 30.3 Å². The Bertz CT molecular complexity index is 1320. The fraction of sp³-hybridized carbons (Fsp3) is 0.267. The maximum atomic E-state index is 10.0. The van der Waals surface area contributed by atoms with Crippen LogP contribution in [0.2, 0.25) is 0 Å². The molecule has 0 aliphatic heterocycles. The normalized spacial score (nSPS) is 11.5. The van der Waals surface area contributed by atoms with Crippen molar-refractivity contribution in [2.45, 2.75) is 53.9 Å². The zero-order valence-corrected chi connectivity index (χ0v) is 24.5. The van der Waals surface area contributed by atoms with E-state index in [0.717, 1.165) is 21.7 Å². The van der Waals surface area contributed by atoms with Gasteiger partial charge in [0.05, 0.1) is 5.76 Å². The SMILES string of the molecule is CC(=O)/C=C(/C)O.Cc1[c-]c(-c2ccc3cc(-c4ccc(C(C)(C)C)cc4)sc3n2)cc(C)c1.[Ir]. The zero-order valence-electron chi connectivity index (χ0n) is 21.3. The first kappa shape index (κ1) is 28.6. The number of pyridine rings is 1. The molecule has 5 heteroatoms. The number of aliphatic hydroxyl groups is 1. The number of allylic oxidation sites excluding steroid dienone is 2. The van der Waals surface area contributed by atoms with E-state index in [2.05, 4.69) is 95.3 Å². The van der Waals surface area contributed by atoms with E-state index < -0.39 is 0 Å². The molecule has 1 N–H and O–H groups in total. The fourth-order valence-corrected chi connectivity index (χ4v) is 4.71. The van der Waals surface area contributed by atoms with Crippen LogP contribution in [0.5, 0.6) is 0 Å². The third-order valence-corrected chi connectivity index (χ3v) is 6.35. The summed E-state index contributed by atoms with van der Waals surface area (Å²) >= 11 is 1.76. The maximum Gasteiger partial charge on any atom is 0.155 e. The Morgan fingerprint density at radius 2 is 1.66 bits per heavy atom. The van der Waals surface area contributed by atoms with Crippen LogP contribution in [0.3, 0.4) is 0 Å². The van der Waals surface area contributed by atoms with E-state index >= 15 is 0 Å². The number of thiophene rings is 1. The van der Waals surface area contributed by atoms with Gasteiger partial charge in [0, 0.05) is 36.4 Å². The average molecular weight is 663 g/mol. The number of fused-ring (bicyclic) bond motifs is 1. The number of aryl methyl sites for hydroxylation is 2. The number of hydrogen-bond donors (Lipinski definition) is 1. The molecule has 4 rings (SSSR count). The summed E-state index contributed by atoms with van der Waals surface area (Å²) < 4.78 is 0. The van der Waals surface area contributed by atoms with Crippen LogP contribution in [0.1, 0.15) is 51.3 Å². The fourth-order valence-electron chi connectivity index (χ4n) is 3.67. The second-order valence-corrected chi connectivity index (χ2v) is 10.7. The van der Waals surface area contributed by atoms with E-state index in [1.54, 1.807) is 11.3 Å². The number of hydrogen-bond acceptors (Lipinski definition) is 4. The molecule has 0 amide bonds. The van der Waals surface area contributed by atoms with Gasteiger partial charge in [-0.3, -0.25) is 9.78 Å². The monoisotopic (exact) mass is 663 g/mol. The minimum absolute atomic E-state index is 0. The molecule has 0 fully saturated rings. The predicted molar refractivity (Wildman–Crippen MR) is 145 cm³/mol. The number of carbonyl (C=O) groups excluding carboxylic acids is 1. The third-order valence-electron chi connectivity index (χ3n) is 5.25. The van der Waals surface area contributed by atoms with Crippen molar-refractivity contribution in [3.05, 3.63) is 89.2 Å². The molecule has 2 aromatic heterocycles. The second kappa shape index (κ2) is 11.9. The molecular weight excluding hydrogens is 631 g/mol. The zero-order chi connectivity index (χ0) is 25.0. The second-order valence-electron chi connectivity index (χ2n) is 9.68. The van der Waals surface area contributed by atoms with Gasteiger partial charge in [-0.2, -0.15) is 0 Å². The number of ketones is 1. The van der Waals surface area contributed by atoms with E-state index in [-0.39, 0.29) is 37.1 Å². The van der Waals surface area contributed by atoms with E-state index in [1.807, 2.05) is 0 Å². The van der Waals surface area contributed by atoms with Crippen LogP contribution in [-0.4, -0.2) is 15.9 Å². The topological polar surface area (TPSA) is 50.2 Å². The number of nitrogens with zero attached hydrogens (tertiary/aromatic N) is 1. The van der Waals surface area contributed by atoms with Crippen LogP contribution >= 0.6 is 11.3 Å². The van der Waals surface area contributed by atoms with Gasteiger partial charge in [-0.1, -0.05) is 71.0 Å². The Morgan fingerprint density at radius 3 is 2.17 bits per heavy atom. The summed E-state index contributed by atoms with van der Waals surface area (Å²) in [6.45, 7) is 13.8.